The Hall–Kier alpha value is -0.980. The Kier molecular flexibility index (Phi) is 8.19. The van der Waals surface area contributed by atoms with E-state index in [-0.39, 0.29) is 0 Å². The second kappa shape index (κ2) is 10.9. The van der Waals surface area contributed by atoms with Crippen LogP contribution in [0.1, 0.15) is 11.1 Å². The van der Waals surface area contributed by atoms with Crippen LogP contribution in [0, 0.1) is 0 Å². The highest BCUT2D eigenvalue weighted by Gasteiger charge is 2.05. The molecule has 1 aliphatic rings. The van der Waals surface area contributed by atoms with Gasteiger partial charge in [0.15, 0.2) is 0 Å². The molecule has 0 saturated heterocycles. The molecular weight excluding hydrogens is 346 g/mol. The molecule has 0 aliphatic carbocycles. The molecule has 1 aliphatic heterocycles. The molecule has 1 heterocycles. The molecule has 2 aromatic carbocycles. The zero-order valence-electron chi connectivity index (χ0n) is 14.6. The van der Waals surface area contributed by atoms with Crippen molar-refractivity contribution in [1.29, 1.82) is 0 Å². The van der Waals surface area contributed by atoms with E-state index in [1.165, 1.54) is 20.9 Å². The lowest BCUT2D eigenvalue weighted by Gasteiger charge is -2.11. The van der Waals surface area contributed by atoms with Gasteiger partial charge in [0, 0.05) is 60.6 Å². The number of nitrogens with one attached hydrogen (secondary N) is 3. The molecule has 0 radical (unpaired) electrons. The van der Waals surface area contributed by atoms with Gasteiger partial charge in [-0.3, -0.25) is 0 Å². The quantitative estimate of drug-likeness (QED) is 0.660. The smallest absolute Gasteiger partial charge is 0.0217 e. The summed E-state index contributed by atoms with van der Waals surface area (Å²) < 4.78 is 0. The van der Waals surface area contributed by atoms with Gasteiger partial charge < -0.3 is 16.0 Å². The van der Waals surface area contributed by atoms with Crippen LogP contribution in [0.4, 0.5) is 0 Å². The Morgan fingerprint density at radius 2 is 1.00 bits per heavy atom. The van der Waals surface area contributed by atoms with E-state index in [1.807, 2.05) is 23.5 Å². The first kappa shape index (κ1) is 18.8. The second-order valence-electron chi connectivity index (χ2n) is 6.02. The van der Waals surface area contributed by atoms with Crippen molar-refractivity contribution in [3.8, 4) is 0 Å². The molecule has 0 amide bonds. The van der Waals surface area contributed by atoms with Gasteiger partial charge in [0.2, 0.25) is 0 Å². The minimum Gasteiger partial charge on any atom is -0.314 e. The molecule has 3 rings (SSSR count). The van der Waals surface area contributed by atoms with Gasteiger partial charge in [0.1, 0.15) is 0 Å². The Labute approximate surface area is 159 Å². The minimum atomic E-state index is 0.944. The molecule has 5 heteroatoms. The maximum atomic E-state index is 3.55. The predicted octanol–water partition coefficient (Wildman–Crippen LogP) is 3.35. The summed E-state index contributed by atoms with van der Waals surface area (Å²) in [5.41, 5.74) is 2.81. The maximum absolute atomic E-state index is 3.55. The van der Waals surface area contributed by atoms with Crippen molar-refractivity contribution in [1.82, 2.24) is 16.0 Å². The van der Waals surface area contributed by atoms with E-state index in [0.29, 0.717) is 0 Å². The van der Waals surface area contributed by atoms with Crippen LogP contribution in [0.5, 0.6) is 0 Å². The fourth-order valence-electron chi connectivity index (χ4n) is 2.81. The summed E-state index contributed by atoms with van der Waals surface area (Å²) in [6.07, 6.45) is 0. The van der Waals surface area contributed by atoms with Crippen LogP contribution in [0.2, 0.25) is 0 Å². The molecule has 25 heavy (non-hydrogen) atoms. The van der Waals surface area contributed by atoms with Crippen LogP contribution in [0.25, 0.3) is 0 Å². The molecule has 0 saturated carbocycles. The lowest BCUT2D eigenvalue weighted by molar-refractivity contribution is 0.578. The zero-order chi connectivity index (χ0) is 17.2. The average Bonchev–Trinajstić information content (AvgIpc) is 2.65. The summed E-state index contributed by atoms with van der Waals surface area (Å²) >= 11 is 3.94. The molecule has 0 aromatic heterocycles. The third kappa shape index (κ3) is 6.35. The van der Waals surface area contributed by atoms with Gasteiger partial charge in [0.25, 0.3) is 0 Å². The zero-order valence-corrected chi connectivity index (χ0v) is 16.2. The first-order valence-electron chi connectivity index (χ1n) is 8.97. The van der Waals surface area contributed by atoms with Crippen molar-refractivity contribution >= 4 is 23.5 Å². The van der Waals surface area contributed by atoms with Crippen molar-refractivity contribution in [3.05, 3.63) is 59.7 Å². The van der Waals surface area contributed by atoms with E-state index in [1.54, 1.807) is 0 Å². The number of benzene rings is 2. The van der Waals surface area contributed by atoms with E-state index < -0.39 is 0 Å². The van der Waals surface area contributed by atoms with E-state index in [9.17, 15) is 0 Å². The van der Waals surface area contributed by atoms with Gasteiger partial charge in [-0.15, -0.1) is 23.5 Å². The fourth-order valence-corrected chi connectivity index (χ4v) is 4.92. The highest BCUT2D eigenvalue weighted by molar-refractivity contribution is 8.03. The summed E-state index contributed by atoms with van der Waals surface area (Å²) in [6, 6.07) is 17.5. The van der Waals surface area contributed by atoms with Gasteiger partial charge in [-0.1, -0.05) is 36.4 Å². The fraction of sp³-hybridized carbons (Fsp3) is 0.400. The lowest BCUT2D eigenvalue weighted by Crippen LogP contribution is -2.32. The van der Waals surface area contributed by atoms with Crippen molar-refractivity contribution < 1.29 is 0 Å². The van der Waals surface area contributed by atoms with Crippen molar-refractivity contribution in [3.63, 3.8) is 0 Å². The van der Waals surface area contributed by atoms with Gasteiger partial charge in [0.05, 0.1) is 0 Å². The highest BCUT2D eigenvalue weighted by atomic mass is 32.2. The highest BCUT2D eigenvalue weighted by Crippen LogP contribution is 2.27. The number of fused-ring (bicyclic) bond motifs is 2. The molecular formula is C20H27N3S2. The molecule has 0 bridgehead atoms. The van der Waals surface area contributed by atoms with Gasteiger partial charge in [-0.05, 0) is 23.3 Å². The maximum Gasteiger partial charge on any atom is 0.0217 e. The topological polar surface area (TPSA) is 36.1 Å². The molecule has 0 fully saturated rings. The van der Waals surface area contributed by atoms with Gasteiger partial charge in [-0.2, -0.15) is 0 Å². The van der Waals surface area contributed by atoms with Crippen molar-refractivity contribution in [2.75, 3.05) is 37.7 Å². The van der Waals surface area contributed by atoms with Gasteiger partial charge >= 0.3 is 0 Å². The van der Waals surface area contributed by atoms with Crippen LogP contribution >= 0.6 is 23.5 Å². The molecule has 0 unspecified atom stereocenters. The van der Waals surface area contributed by atoms with Crippen LogP contribution in [0.3, 0.4) is 0 Å². The van der Waals surface area contributed by atoms with Crippen LogP contribution in [-0.4, -0.2) is 37.7 Å². The average molecular weight is 374 g/mol. The van der Waals surface area contributed by atoms with E-state index in [0.717, 1.165) is 50.8 Å². The number of hydrogen-bond acceptors (Lipinski definition) is 5. The first-order valence-corrected chi connectivity index (χ1v) is 10.9. The van der Waals surface area contributed by atoms with E-state index >= 15 is 0 Å². The Morgan fingerprint density at radius 3 is 1.52 bits per heavy atom. The summed E-state index contributed by atoms with van der Waals surface area (Å²) in [6.45, 7) is 5.89. The molecule has 0 atom stereocenters. The first-order chi connectivity index (χ1) is 12.4. The molecule has 3 nitrogen and oxygen atoms in total. The second-order valence-corrected chi connectivity index (χ2v) is 8.29. The van der Waals surface area contributed by atoms with E-state index in [2.05, 4.69) is 64.5 Å². The van der Waals surface area contributed by atoms with Crippen LogP contribution < -0.4 is 16.0 Å². The molecule has 3 N–H and O–H groups in total. The van der Waals surface area contributed by atoms with Gasteiger partial charge in [-0.25, -0.2) is 0 Å². The largest absolute Gasteiger partial charge is 0.314 e. The molecule has 0 spiro atoms. The number of hydrogen-bond donors (Lipinski definition) is 3. The molecule has 2 aromatic rings. The standard InChI is InChI=1S/C20H27N3S2/c1-3-7-19-17(5-1)15-22-11-9-21-10-12-23-16-18-6-2-4-8-20(18)25-14-13-24-19/h1-8,21-23H,9-16H2. The predicted molar refractivity (Wildman–Crippen MR) is 111 cm³/mol. The van der Waals surface area contributed by atoms with Crippen LogP contribution in [0.15, 0.2) is 58.3 Å². The Morgan fingerprint density at radius 1 is 0.560 bits per heavy atom. The Balaban J connectivity index is 1.64. The monoisotopic (exact) mass is 373 g/mol. The Bertz CT molecular complexity index is 593. The van der Waals surface area contributed by atoms with Crippen molar-refractivity contribution in [2.24, 2.45) is 0 Å². The number of thioether (sulfide) groups is 2. The number of rotatable bonds is 0. The summed E-state index contributed by atoms with van der Waals surface area (Å²) in [4.78, 5) is 2.81. The summed E-state index contributed by atoms with van der Waals surface area (Å²) in [5.74, 6) is 2.26. The molecule has 134 valence electrons. The normalized spacial score (nSPS) is 17.9. The van der Waals surface area contributed by atoms with Crippen LogP contribution in [-0.2, 0) is 13.1 Å². The van der Waals surface area contributed by atoms with E-state index in [4.69, 9.17) is 0 Å². The third-order valence-corrected chi connectivity index (χ3v) is 6.63. The summed E-state index contributed by atoms with van der Waals surface area (Å²) in [5, 5.41) is 10.6. The minimum absolute atomic E-state index is 0.944. The lowest BCUT2D eigenvalue weighted by atomic mass is 10.2. The SMILES string of the molecule is c1ccc2c(c1)CNCCNCCNCc1ccccc1SCCS2. The van der Waals surface area contributed by atoms with Crippen molar-refractivity contribution in [2.45, 2.75) is 22.9 Å². The summed E-state index contributed by atoms with van der Waals surface area (Å²) in [7, 11) is 0. The third-order valence-electron chi connectivity index (χ3n) is 4.13.